The number of rotatable bonds is 5. The van der Waals surface area contributed by atoms with Gasteiger partial charge in [0.2, 0.25) is 11.8 Å². The van der Waals surface area contributed by atoms with Gasteiger partial charge in [0.1, 0.15) is 0 Å². The van der Waals surface area contributed by atoms with Crippen molar-refractivity contribution in [2.75, 3.05) is 39.3 Å². The number of amides is 2. The predicted octanol–water partition coefficient (Wildman–Crippen LogP) is -1.02. The first kappa shape index (κ1) is 18.2. The molecule has 2 fully saturated rings. The number of piperidine rings is 1. The summed E-state index contributed by atoms with van der Waals surface area (Å²) >= 11 is 0. The van der Waals surface area contributed by atoms with Crippen molar-refractivity contribution < 1.29 is 29.4 Å². The van der Waals surface area contributed by atoms with Gasteiger partial charge in [-0.15, -0.1) is 0 Å². The summed E-state index contributed by atoms with van der Waals surface area (Å²) in [6.07, 6.45) is -0.0431. The van der Waals surface area contributed by atoms with Crippen molar-refractivity contribution in [1.29, 1.82) is 0 Å². The average molecular weight is 341 g/mol. The molecule has 0 aliphatic carbocycles. The largest absolute Gasteiger partial charge is 0.480 e. The van der Waals surface area contributed by atoms with Crippen molar-refractivity contribution in [3.05, 3.63) is 0 Å². The number of aliphatic carboxylic acids is 2. The van der Waals surface area contributed by atoms with Gasteiger partial charge in [0, 0.05) is 52.1 Å². The van der Waals surface area contributed by atoms with E-state index in [1.165, 1.54) is 4.90 Å². The Hall–Kier alpha value is -2.16. The molecule has 0 aromatic heterocycles. The number of carbonyl (C=O) groups excluding carboxylic acids is 2. The molecule has 3 N–H and O–H groups in total. The van der Waals surface area contributed by atoms with Crippen LogP contribution in [0, 0.1) is 5.41 Å². The van der Waals surface area contributed by atoms with Crippen molar-refractivity contribution in [2.24, 2.45) is 5.41 Å². The highest BCUT2D eigenvalue weighted by molar-refractivity contribution is 5.98. The van der Waals surface area contributed by atoms with Crippen LogP contribution in [0.25, 0.3) is 0 Å². The van der Waals surface area contributed by atoms with Crippen LogP contribution >= 0.6 is 0 Å². The molecular weight excluding hydrogens is 318 g/mol. The van der Waals surface area contributed by atoms with E-state index in [9.17, 15) is 19.2 Å². The lowest BCUT2D eigenvalue weighted by atomic mass is 9.78. The molecule has 2 amide bonds. The minimum atomic E-state index is -1.81. The van der Waals surface area contributed by atoms with Crippen molar-refractivity contribution in [3.8, 4) is 0 Å². The maximum atomic E-state index is 12.2. The molecule has 2 heterocycles. The maximum Gasteiger partial charge on any atom is 0.321 e. The maximum absolute atomic E-state index is 12.2. The second kappa shape index (κ2) is 7.61. The van der Waals surface area contributed by atoms with Gasteiger partial charge in [-0.3, -0.25) is 19.2 Å². The van der Waals surface area contributed by atoms with Crippen LogP contribution in [-0.4, -0.2) is 83.0 Å². The van der Waals surface area contributed by atoms with Gasteiger partial charge >= 0.3 is 11.9 Å². The summed E-state index contributed by atoms with van der Waals surface area (Å²) in [6.45, 7) is 2.93. The average Bonchev–Trinajstić information content (AvgIpc) is 2.59. The number of carboxylic acid groups (broad SMARTS) is 2. The van der Waals surface area contributed by atoms with Crippen LogP contribution in [0.2, 0.25) is 0 Å². The van der Waals surface area contributed by atoms with E-state index in [0.717, 1.165) is 13.1 Å². The van der Waals surface area contributed by atoms with E-state index in [0.29, 0.717) is 13.1 Å². The van der Waals surface area contributed by atoms with Crippen LogP contribution in [0.1, 0.15) is 25.7 Å². The molecule has 24 heavy (non-hydrogen) atoms. The van der Waals surface area contributed by atoms with E-state index >= 15 is 0 Å². The fourth-order valence-corrected chi connectivity index (χ4v) is 3.10. The number of piperazine rings is 1. The molecule has 0 atom stereocenters. The Morgan fingerprint density at radius 2 is 1.21 bits per heavy atom. The monoisotopic (exact) mass is 341 g/mol. The lowest BCUT2D eigenvalue weighted by Gasteiger charge is -2.36. The summed E-state index contributed by atoms with van der Waals surface area (Å²) in [5, 5.41) is 21.5. The van der Waals surface area contributed by atoms with E-state index < -0.39 is 17.4 Å². The fourth-order valence-electron chi connectivity index (χ4n) is 3.10. The van der Waals surface area contributed by atoms with Crippen molar-refractivity contribution in [2.45, 2.75) is 25.7 Å². The van der Waals surface area contributed by atoms with Crippen molar-refractivity contribution in [1.82, 2.24) is 15.1 Å². The molecule has 2 rings (SSSR count). The van der Waals surface area contributed by atoms with E-state index in [1.54, 1.807) is 4.90 Å². The van der Waals surface area contributed by atoms with Crippen LogP contribution in [0.5, 0.6) is 0 Å². The Kier molecular flexibility index (Phi) is 5.76. The summed E-state index contributed by atoms with van der Waals surface area (Å²) in [6, 6.07) is 0. The van der Waals surface area contributed by atoms with E-state index in [-0.39, 0.29) is 50.6 Å². The van der Waals surface area contributed by atoms with Crippen molar-refractivity contribution in [3.63, 3.8) is 0 Å². The van der Waals surface area contributed by atoms with Gasteiger partial charge in [0.25, 0.3) is 0 Å². The van der Waals surface area contributed by atoms with Gasteiger partial charge in [-0.1, -0.05) is 0 Å². The lowest BCUT2D eigenvalue weighted by Crippen LogP contribution is -2.50. The summed E-state index contributed by atoms with van der Waals surface area (Å²) in [7, 11) is 0. The first-order valence-corrected chi connectivity index (χ1v) is 8.10. The molecule has 0 radical (unpaired) electrons. The summed E-state index contributed by atoms with van der Waals surface area (Å²) < 4.78 is 0. The zero-order chi connectivity index (χ0) is 17.7. The van der Waals surface area contributed by atoms with Crippen LogP contribution in [0.4, 0.5) is 0 Å². The van der Waals surface area contributed by atoms with E-state index in [1.807, 2.05) is 0 Å². The molecule has 0 bridgehead atoms. The van der Waals surface area contributed by atoms with Gasteiger partial charge in [-0.05, 0) is 12.8 Å². The van der Waals surface area contributed by atoms with Crippen LogP contribution < -0.4 is 5.32 Å². The smallest absolute Gasteiger partial charge is 0.321 e. The SMILES string of the molecule is O=C(CCC(=O)N1CCC(C(=O)O)(C(=O)O)CC1)N1CCNCC1. The standard InChI is InChI=1S/C15H23N3O6/c19-11(1-2-12(20)18-9-5-16-6-10-18)17-7-3-15(4-8-17,13(21)22)14(23)24/h16H,1-10H2,(H,21,22)(H,23,24). The molecule has 0 aromatic rings. The second-order valence-corrected chi connectivity index (χ2v) is 6.20. The molecule has 2 aliphatic rings. The number of nitrogens with one attached hydrogen (secondary N) is 1. The third-order valence-electron chi connectivity index (χ3n) is 4.81. The van der Waals surface area contributed by atoms with Gasteiger partial charge in [0.05, 0.1) is 0 Å². The van der Waals surface area contributed by atoms with Gasteiger partial charge in [-0.2, -0.15) is 0 Å². The highest BCUT2D eigenvalue weighted by Crippen LogP contribution is 2.32. The Labute approximate surface area is 139 Å². The quantitative estimate of drug-likeness (QED) is 0.546. The Balaban J connectivity index is 1.81. The van der Waals surface area contributed by atoms with E-state index in [2.05, 4.69) is 5.32 Å². The zero-order valence-corrected chi connectivity index (χ0v) is 13.5. The summed E-state index contributed by atoms with van der Waals surface area (Å²) in [4.78, 5) is 49.9. The normalized spacial score (nSPS) is 20.5. The predicted molar refractivity (Wildman–Crippen MR) is 82.2 cm³/mol. The lowest BCUT2D eigenvalue weighted by molar-refractivity contribution is -0.169. The highest BCUT2D eigenvalue weighted by atomic mass is 16.4. The van der Waals surface area contributed by atoms with Gasteiger partial charge in [0.15, 0.2) is 5.41 Å². The molecule has 9 nitrogen and oxygen atoms in total. The third kappa shape index (κ3) is 3.84. The van der Waals surface area contributed by atoms with E-state index in [4.69, 9.17) is 10.2 Å². The molecule has 2 aliphatic heterocycles. The van der Waals surface area contributed by atoms with Gasteiger partial charge in [-0.25, -0.2) is 0 Å². The molecule has 0 aromatic carbocycles. The summed E-state index contributed by atoms with van der Waals surface area (Å²) in [5.41, 5.74) is -1.81. The Bertz CT molecular complexity index is 505. The fraction of sp³-hybridized carbons (Fsp3) is 0.733. The topological polar surface area (TPSA) is 127 Å². The molecule has 0 spiro atoms. The number of hydrogen-bond acceptors (Lipinski definition) is 5. The molecule has 2 saturated heterocycles. The number of carbonyl (C=O) groups is 4. The third-order valence-corrected chi connectivity index (χ3v) is 4.81. The number of hydrogen-bond donors (Lipinski definition) is 3. The van der Waals surface area contributed by atoms with Crippen LogP contribution in [0.3, 0.4) is 0 Å². The zero-order valence-electron chi connectivity index (χ0n) is 13.5. The Morgan fingerprint density at radius 3 is 1.62 bits per heavy atom. The number of carboxylic acids is 2. The first-order valence-electron chi connectivity index (χ1n) is 8.10. The minimum absolute atomic E-state index is 0.0627. The molecule has 0 saturated carbocycles. The highest BCUT2D eigenvalue weighted by Gasteiger charge is 2.49. The molecule has 134 valence electrons. The molecule has 0 unspecified atom stereocenters. The minimum Gasteiger partial charge on any atom is -0.480 e. The number of likely N-dealkylation sites (tertiary alicyclic amines) is 1. The molecule has 9 heteroatoms. The van der Waals surface area contributed by atoms with Crippen molar-refractivity contribution >= 4 is 23.8 Å². The first-order chi connectivity index (χ1) is 11.4. The summed E-state index contributed by atoms with van der Waals surface area (Å²) in [5.74, 6) is -3.03. The van der Waals surface area contributed by atoms with Gasteiger partial charge < -0.3 is 25.3 Å². The second-order valence-electron chi connectivity index (χ2n) is 6.20. The Morgan fingerprint density at radius 1 is 0.792 bits per heavy atom. The van der Waals surface area contributed by atoms with Crippen LogP contribution in [-0.2, 0) is 19.2 Å². The van der Waals surface area contributed by atoms with Crippen LogP contribution in [0.15, 0.2) is 0 Å². The molecular formula is C15H23N3O6. The number of nitrogens with zero attached hydrogens (tertiary/aromatic N) is 2.